The summed E-state index contributed by atoms with van der Waals surface area (Å²) in [6.45, 7) is 1.89. The Bertz CT molecular complexity index is 158. The fourth-order valence-corrected chi connectivity index (χ4v) is 0.882. The van der Waals surface area contributed by atoms with Gasteiger partial charge < -0.3 is 0 Å². The largest absolute Gasteiger partial charge is 2.00 e. The molecule has 1 aliphatic carbocycles. The van der Waals surface area contributed by atoms with Gasteiger partial charge in [0, 0.05) is 6.42 Å². The second-order valence-corrected chi connectivity index (χ2v) is 2.12. The summed E-state index contributed by atoms with van der Waals surface area (Å²) >= 11 is 0. The zero-order valence-corrected chi connectivity index (χ0v) is 7.59. The van der Waals surface area contributed by atoms with Gasteiger partial charge in [-0.25, -0.2) is 0 Å². The first-order valence-electron chi connectivity index (χ1n) is 3.22. The third kappa shape index (κ3) is 2.19. The Hall–Kier alpha value is -0.227. The summed E-state index contributed by atoms with van der Waals surface area (Å²) in [6, 6.07) is 0. The van der Waals surface area contributed by atoms with Crippen molar-refractivity contribution in [2.45, 2.75) is 13.3 Å². The van der Waals surface area contributed by atoms with E-state index in [0.29, 0.717) is 12.2 Å². The van der Waals surface area contributed by atoms with Crippen molar-refractivity contribution in [3.05, 3.63) is 24.3 Å². The average Bonchev–Trinajstić information content (AvgIpc) is 2.37. The number of allylic oxidation sites excluding steroid dienone is 4. The summed E-state index contributed by atoms with van der Waals surface area (Å²) in [6.07, 6.45) is 8.31. The van der Waals surface area contributed by atoms with Crippen LogP contribution in [0.15, 0.2) is 24.3 Å². The predicted molar refractivity (Wildman–Crippen MR) is 37.1 cm³/mol. The summed E-state index contributed by atoms with van der Waals surface area (Å²) in [5, 5.41) is 0. The maximum absolute atomic E-state index is 10.9. The molecule has 0 fully saturated rings. The first kappa shape index (κ1) is 9.77. The zero-order valence-electron chi connectivity index (χ0n) is 5.86. The number of carbonyl (C=O) groups is 1. The van der Waals surface area contributed by atoms with Gasteiger partial charge in [0.05, 0.1) is 5.92 Å². The van der Waals surface area contributed by atoms with E-state index in [2.05, 4.69) is 0 Å². The van der Waals surface area contributed by atoms with Crippen LogP contribution in [0.2, 0.25) is 0 Å². The Morgan fingerprint density at radius 3 is 2.30 bits per heavy atom. The van der Waals surface area contributed by atoms with E-state index in [1.807, 2.05) is 31.2 Å². The molecule has 1 nitrogen and oxygen atoms in total. The molecule has 54 valence electrons. The molecule has 1 rings (SSSR count). The van der Waals surface area contributed by atoms with Crippen molar-refractivity contribution in [1.29, 1.82) is 0 Å². The molecule has 0 amide bonds. The zero-order chi connectivity index (χ0) is 6.69. The third-order valence-corrected chi connectivity index (χ3v) is 1.47. The average molecular weight is 223 g/mol. The van der Waals surface area contributed by atoms with Crippen LogP contribution in [-0.2, 0) is 24.3 Å². The van der Waals surface area contributed by atoms with Crippen molar-refractivity contribution < 1.29 is 24.3 Å². The van der Waals surface area contributed by atoms with Crippen LogP contribution >= 0.6 is 0 Å². The van der Waals surface area contributed by atoms with Gasteiger partial charge in [-0.15, -0.1) is 0 Å². The molecule has 2 heteroatoms. The molecule has 0 radical (unpaired) electrons. The van der Waals surface area contributed by atoms with Gasteiger partial charge in [0.25, 0.3) is 0 Å². The first-order valence-corrected chi connectivity index (χ1v) is 3.22. The number of hydrogen-bond acceptors (Lipinski definition) is 1. The van der Waals surface area contributed by atoms with Crippen LogP contribution in [0.5, 0.6) is 0 Å². The number of carbonyl (C=O) groups excluding carboxylic acids is 1. The smallest absolute Gasteiger partial charge is 0.299 e. The molecule has 0 unspecified atom stereocenters. The molecule has 0 atom stereocenters. The van der Waals surface area contributed by atoms with Gasteiger partial charge in [-0.05, 0) is 0 Å². The second-order valence-electron chi connectivity index (χ2n) is 2.12. The maximum Gasteiger partial charge on any atom is 2.00 e. The Morgan fingerprint density at radius 1 is 1.40 bits per heavy atom. The molecule has 0 aliphatic heterocycles. The molecule has 0 saturated carbocycles. The Kier molecular flexibility index (Phi) is 4.46. The summed E-state index contributed by atoms with van der Waals surface area (Å²) in [5.74, 6) is 0.384. The van der Waals surface area contributed by atoms with Crippen LogP contribution in [0.25, 0.3) is 0 Å². The van der Waals surface area contributed by atoms with Crippen LogP contribution in [0.4, 0.5) is 0 Å². The van der Waals surface area contributed by atoms with Crippen molar-refractivity contribution in [2.24, 2.45) is 5.92 Å². The second kappa shape index (κ2) is 4.57. The predicted octanol–water partition coefficient (Wildman–Crippen LogP) is 1.71. The van der Waals surface area contributed by atoms with Gasteiger partial charge in [0.1, 0.15) is 5.78 Å². The molecule has 0 aromatic rings. The van der Waals surface area contributed by atoms with Gasteiger partial charge in [-0.3, -0.25) is 4.79 Å². The van der Waals surface area contributed by atoms with E-state index in [1.54, 1.807) is 0 Å². The molecular weight excluding hydrogens is 213 g/mol. The van der Waals surface area contributed by atoms with Crippen LogP contribution in [-0.4, -0.2) is 5.78 Å². The summed E-state index contributed by atoms with van der Waals surface area (Å²) in [7, 11) is 0. The third-order valence-electron chi connectivity index (χ3n) is 1.47. The first-order chi connectivity index (χ1) is 4.34. The molecule has 10 heavy (non-hydrogen) atoms. The Morgan fingerprint density at radius 2 is 1.90 bits per heavy atom. The van der Waals surface area contributed by atoms with Crippen LogP contribution in [0.3, 0.4) is 0 Å². The van der Waals surface area contributed by atoms with Crippen LogP contribution in [0, 0.1) is 5.92 Å². The molecular formula is C8H10ORu+2. The minimum atomic E-state index is 0. The number of Topliss-reactive ketones (excluding diaryl/α,β-unsaturated/α-hetero) is 1. The Labute approximate surface area is 74.0 Å². The number of hydrogen-bond donors (Lipinski definition) is 0. The monoisotopic (exact) mass is 224 g/mol. The molecule has 0 heterocycles. The Balaban J connectivity index is 0.000000810. The SMILES string of the molecule is CCC(=O)C1C=CC=C1.[Ru+2]. The van der Waals surface area contributed by atoms with Crippen LogP contribution < -0.4 is 0 Å². The van der Waals surface area contributed by atoms with Gasteiger partial charge in [-0.1, -0.05) is 31.2 Å². The van der Waals surface area contributed by atoms with E-state index >= 15 is 0 Å². The summed E-state index contributed by atoms with van der Waals surface area (Å²) in [4.78, 5) is 10.9. The van der Waals surface area contributed by atoms with Crippen molar-refractivity contribution in [2.75, 3.05) is 0 Å². The number of rotatable bonds is 2. The standard InChI is InChI=1S/C8H10O.Ru/c1-2-8(9)7-5-3-4-6-7;/h3-7H,2H2,1H3;/q;+2. The molecule has 0 aromatic heterocycles. The fraction of sp³-hybridized carbons (Fsp3) is 0.375. The van der Waals surface area contributed by atoms with Gasteiger partial charge in [0.15, 0.2) is 0 Å². The molecule has 0 N–H and O–H groups in total. The molecule has 0 saturated heterocycles. The van der Waals surface area contributed by atoms with Crippen molar-refractivity contribution in [3.63, 3.8) is 0 Å². The van der Waals surface area contributed by atoms with E-state index in [0.717, 1.165) is 0 Å². The van der Waals surface area contributed by atoms with E-state index in [4.69, 9.17) is 0 Å². The fourth-order valence-electron chi connectivity index (χ4n) is 0.882. The maximum atomic E-state index is 10.9. The normalized spacial score (nSPS) is 15.3. The van der Waals surface area contributed by atoms with E-state index in [1.165, 1.54) is 0 Å². The van der Waals surface area contributed by atoms with E-state index in [9.17, 15) is 4.79 Å². The molecule has 0 spiro atoms. The van der Waals surface area contributed by atoms with Crippen LogP contribution in [0.1, 0.15) is 13.3 Å². The van der Waals surface area contributed by atoms with Crippen molar-refractivity contribution >= 4 is 5.78 Å². The molecule has 0 aromatic carbocycles. The number of ketones is 1. The topological polar surface area (TPSA) is 17.1 Å². The van der Waals surface area contributed by atoms with Gasteiger partial charge >= 0.3 is 19.5 Å². The minimum Gasteiger partial charge on any atom is -0.299 e. The van der Waals surface area contributed by atoms with E-state index in [-0.39, 0.29) is 25.4 Å². The van der Waals surface area contributed by atoms with Gasteiger partial charge in [-0.2, -0.15) is 0 Å². The molecule has 0 bridgehead atoms. The minimum absolute atomic E-state index is 0. The summed E-state index contributed by atoms with van der Waals surface area (Å²) in [5.41, 5.74) is 0. The van der Waals surface area contributed by atoms with Crippen molar-refractivity contribution in [3.8, 4) is 0 Å². The van der Waals surface area contributed by atoms with Gasteiger partial charge in [0.2, 0.25) is 0 Å². The molecule has 1 aliphatic rings. The van der Waals surface area contributed by atoms with Crippen molar-refractivity contribution in [1.82, 2.24) is 0 Å². The summed E-state index contributed by atoms with van der Waals surface area (Å²) < 4.78 is 0. The quantitative estimate of drug-likeness (QED) is 0.651. The van der Waals surface area contributed by atoms with E-state index < -0.39 is 0 Å².